The van der Waals surface area contributed by atoms with Crippen molar-refractivity contribution in [2.24, 2.45) is 0 Å². The fourth-order valence-corrected chi connectivity index (χ4v) is 3.89. The molecule has 2 atom stereocenters. The first-order valence-corrected chi connectivity index (χ1v) is 9.20. The van der Waals surface area contributed by atoms with Gasteiger partial charge in [0.05, 0.1) is 22.4 Å². The van der Waals surface area contributed by atoms with E-state index in [1.807, 2.05) is 0 Å². The number of benzene rings is 1. The first-order valence-electron chi connectivity index (χ1n) is 9.20. The molecule has 4 nitrogen and oxygen atoms in total. The number of hydrogen-bond donors (Lipinski definition) is 0. The number of aryl methyl sites for hydroxylation is 2. The summed E-state index contributed by atoms with van der Waals surface area (Å²) in [5.41, 5.74) is 3.53. The van der Waals surface area contributed by atoms with E-state index in [9.17, 15) is 0 Å². The molecular weight excluding hydrogens is 314 g/mol. The fourth-order valence-electron chi connectivity index (χ4n) is 3.89. The molecule has 0 N–H and O–H groups in total. The largest absolute Gasteiger partial charge is 0.495 e. The Morgan fingerprint density at radius 2 is 1.04 bits per heavy atom. The van der Waals surface area contributed by atoms with Crippen LogP contribution in [-0.4, -0.2) is 36.6 Å². The van der Waals surface area contributed by atoms with Gasteiger partial charge in [-0.05, 0) is 66.3 Å². The van der Waals surface area contributed by atoms with Gasteiger partial charge in [0, 0.05) is 6.42 Å². The second-order valence-electron chi connectivity index (χ2n) is 9.36. The van der Waals surface area contributed by atoms with Gasteiger partial charge in [0.15, 0.2) is 0 Å². The smallest absolute Gasteiger partial charge is 0.399 e. The first-order chi connectivity index (χ1) is 11.4. The Kier molecular flexibility index (Phi) is 3.46. The minimum Gasteiger partial charge on any atom is -0.399 e. The van der Waals surface area contributed by atoms with Crippen LogP contribution in [-0.2, 0) is 18.6 Å². The van der Waals surface area contributed by atoms with E-state index in [1.165, 1.54) is 0 Å². The second kappa shape index (κ2) is 4.92. The normalized spacial score (nSPS) is 35.2. The van der Waals surface area contributed by atoms with Crippen LogP contribution in [0.2, 0.25) is 0 Å². The van der Waals surface area contributed by atoms with Gasteiger partial charge in [-0.1, -0.05) is 23.3 Å². The molecule has 2 heterocycles. The van der Waals surface area contributed by atoms with Gasteiger partial charge in [-0.15, -0.1) is 0 Å². The highest BCUT2D eigenvalue weighted by molar-refractivity contribution is 6.65. The highest BCUT2D eigenvalue weighted by atomic mass is 16.7. The van der Waals surface area contributed by atoms with E-state index in [0.29, 0.717) is 0 Å². The quantitative estimate of drug-likeness (QED) is 0.773. The van der Waals surface area contributed by atoms with Gasteiger partial charge < -0.3 is 18.6 Å². The predicted molar refractivity (Wildman–Crippen MR) is 101 cm³/mol. The molecule has 3 aliphatic rings. The standard InChI is InChI=1S/C19H28B2O4/c1-12-10-15(21-24-18(7)11-19(18,8)25-21)13(2)9-14(12)20-22-16(3,4)17(5,6)23-20/h9-10H,11H2,1-8H3. The zero-order valence-corrected chi connectivity index (χ0v) is 16.6. The van der Waals surface area contributed by atoms with E-state index in [4.69, 9.17) is 18.6 Å². The van der Waals surface area contributed by atoms with Crippen LogP contribution >= 0.6 is 0 Å². The van der Waals surface area contributed by atoms with Crippen molar-refractivity contribution in [3.05, 3.63) is 23.3 Å². The van der Waals surface area contributed by atoms with Crippen molar-refractivity contribution >= 4 is 25.2 Å². The minimum absolute atomic E-state index is 0.137. The Bertz CT molecular complexity index is 715. The molecule has 1 aliphatic carbocycles. The van der Waals surface area contributed by atoms with Crippen molar-refractivity contribution in [1.29, 1.82) is 0 Å². The molecule has 1 aromatic carbocycles. The fraction of sp³-hybridized carbons (Fsp3) is 0.684. The number of hydrogen-bond acceptors (Lipinski definition) is 4. The summed E-state index contributed by atoms with van der Waals surface area (Å²) in [7, 11) is -0.624. The number of fused-ring (bicyclic) bond motifs is 1. The average molecular weight is 342 g/mol. The summed E-state index contributed by atoms with van der Waals surface area (Å²) in [4.78, 5) is 0. The van der Waals surface area contributed by atoms with Crippen LogP contribution in [0.3, 0.4) is 0 Å². The van der Waals surface area contributed by atoms with Gasteiger partial charge in [0.2, 0.25) is 0 Å². The third-order valence-corrected chi connectivity index (χ3v) is 6.82. The van der Waals surface area contributed by atoms with E-state index >= 15 is 0 Å². The third kappa shape index (κ3) is 2.45. The van der Waals surface area contributed by atoms with Crippen LogP contribution in [0, 0.1) is 13.8 Å². The Morgan fingerprint density at radius 1 is 0.680 bits per heavy atom. The summed E-state index contributed by atoms with van der Waals surface area (Å²) in [6, 6.07) is 4.33. The van der Waals surface area contributed by atoms with Crippen molar-refractivity contribution in [3.8, 4) is 0 Å². The molecule has 0 amide bonds. The molecule has 0 aromatic heterocycles. The van der Waals surface area contributed by atoms with Crippen LogP contribution in [0.15, 0.2) is 12.1 Å². The van der Waals surface area contributed by atoms with Crippen molar-refractivity contribution in [3.63, 3.8) is 0 Å². The summed E-state index contributed by atoms with van der Waals surface area (Å²) < 4.78 is 24.8. The summed E-state index contributed by atoms with van der Waals surface area (Å²) in [6.07, 6.45) is 0.973. The predicted octanol–water partition coefficient (Wildman–Crippen LogP) is 2.27. The molecule has 134 valence electrons. The molecule has 0 bridgehead atoms. The van der Waals surface area contributed by atoms with E-state index in [-0.39, 0.29) is 36.6 Å². The van der Waals surface area contributed by atoms with Crippen molar-refractivity contribution in [1.82, 2.24) is 0 Å². The van der Waals surface area contributed by atoms with E-state index in [0.717, 1.165) is 28.5 Å². The molecule has 25 heavy (non-hydrogen) atoms. The van der Waals surface area contributed by atoms with Crippen LogP contribution in [0.4, 0.5) is 0 Å². The molecule has 2 unspecified atom stereocenters. The highest BCUT2D eigenvalue weighted by Gasteiger charge is 2.71. The third-order valence-electron chi connectivity index (χ3n) is 6.82. The zero-order valence-electron chi connectivity index (χ0n) is 16.6. The second-order valence-corrected chi connectivity index (χ2v) is 9.36. The van der Waals surface area contributed by atoms with E-state index < -0.39 is 0 Å². The lowest BCUT2D eigenvalue weighted by molar-refractivity contribution is 0.00578. The summed E-state index contributed by atoms with van der Waals surface area (Å²) in [5, 5.41) is 0. The van der Waals surface area contributed by atoms with Crippen LogP contribution in [0.1, 0.15) is 59.1 Å². The molecule has 0 radical (unpaired) electrons. The topological polar surface area (TPSA) is 36.9 Å². The lowest BCUT2D eigenvalue weighted by Gasteiger charge is -2.32. The van der Waals surface area contributed by atoms with Gasteiger partial charge in [-0.3, -0.25) is 0 Å². The van der Waals surface area contributed by atoms with E-state index in [1.54, 1.807) is 0 Å². The van der Waals surface area contributed by atoms with Gasteiger partial charge >= 0.3 is 14.2 Å². The molecule has 4 rings (SSSR count). The van der Waals surface area contributed by atoms with Crippen LogP contribution < -0.4 is 10.9 Å². The van der Waals surface area contributed by atoms with Crippen molar-refractivity contribution in [2.75, 3.05) is 0 Å². The zero-order chi connectivity index (χ0) is 18.4. The Labute approximate surface area is 151 Å². The van der Waals surface area contributed by atoms with Crippen molar-refractivity contribution in [2.45, 2.75) is 84.2 Å². The molecule has 2 saturated heterocycles. The molecule has 2 aliphatic heterocycles. The van der Waals surface area contributed by atoms with Gasteiger partial charge in [0.1, 0.15) is 0 Å². The molecule has 1 aromatic rings. The lowest BCUT2D eigenvalue weighted by Crippen LogP contribution is -2.42. The monoisotopic (exact) mass is 342 g/mol. The SMILES string of the molecule is Cc1cc(B2OC3(C)CC3(C)O2)c(C)cc1B1OC(C)(C)C(C)(C)O1. The molecule has 6 heteroatoms. The maximum absolute atomic E-state index is 6.22. The summed E-state index contributed by atoms with van der Waals surface area (Å²) in [6.45, 7) is 16.8. The number of rotatable bonds is 2. The average Bonchev–Trinajstić information content (AvgIpc) is 2.75. The highest BCUT2D eigenvalue weighted by Crippen LogP contribution is 2.58. The van der Waals surface area contributed by atoms with Gasteiger partial charge in [-0.25, -0.2) is 0 Å². The summed E-state index contributed by atoms with van der Waals surface area (Å²) >= 11 is 0. The van der Waals surface area contributed by atoms with E-state index in [2.05, 4.69) is 67.5 Å². The molecular formula is C19H28B2O4. The van der Waals surface area contributed by atoms with Gasteiger partial charge in [0.25, 0.3) is 0 Å². The maximum atomic E-state index is 6.22. The molecule has 0 spiro atoms. The molecule has 3 fully saturated rings. The minimum atomic E-state index is -0.341. The van der Waals surface area contributed by atoms with Gasteiger partial charge in [-0.2, -0.15) is 0 Å². The Balaban J connectivity index is 1.62. The van der Waals surface area contributed by atoms with Crippen molar-refractivity contribution < 1.29 is 18.6 Å². The van der Waals surface area contributed by atoms with Crippen LogP contribution in [0.25, 0.3) is 0 Å². The van der Waals surface area contributed by atoms with Crippen LogP contribution in [0.5, 0.6) is 0 Å². The lowest BCUT2D eigenvalue weighted by atomic mass is 9.69. The maximum Gasteiger partial charge on any atom is 0.495 e. The molecule has 1 saturated carbocycles. The first kappa shape index (κ1) is 17.6. The Hall–Kier alpha value is -0.810. The Morgan fingerprint density at radius 3 is 1.44 bits per heavy atom. The summed E-state index contributed by atoms with van der Waals surface area (Å²) in [5.74, 6) is 0.